The fraction of sp³-hybridized carbons (Fsp3) is 0.759. The van der Waals surface area contributed by atoms with Crippen molar-refractivity contribution in [2.75, 3.05) is 47.5 Å². The number of nitrogens with zero attached hydrogens (tertiary/aromatic N) is 1. The second-order valence-electron chi connectivity index (χ2n) is 19.6. The SMILES string of the molecule is CC/C=C\C/C=C\C/C=C\C/C=C\C/C=C\C/C=C\CCCCCCCCCCCCCCCCC(=O)OC(COC(=O)CCCCCCCCCCCCC)COP(=O)(O)OCC[N+](C)(C)C. The maximum Gasteiger partial charge on any atom is 0.472 e. The number of carbonyl (C=O) groups excluding carboxylic acids is 2. The van der Waals surface area contributed by atoms with E-state index in [9.17, 15) is 19.0 Å². The van der Waals surface area contributed by atoms with Gasteiger partial charge in [0.25, 0.3) is 0 Å². The molecule has 0 aliphatic heterocycles. The van der Waals surface area contributed by atoms with E-state index in [-0.39, 0.29) is 25.6 Å². The highest BCUT2D eigenvalue weighted by Gasteiger charge is 2.27. The van der Waals surface area contributed by atoms with Gasteiger partial charge in [-0.1, -0.05) is 228 Å². The van der Waals surface area contributed by atoms with E-state index >= 15 is 0 Å². The molecule has 0 radical (unpaired) electrons. The Morgan fingerprint density at radius 3 is 1.25 bits per heavy atom. The molecule has 0 amide bonds. The third-order valence-electron chi connectivity index (χ3n) is 11.8. The van der Waals surface area contributed by atoms with Gasteiger partial charge in [0, 0.05) is 12.8 Å². The van der Waals surface area contributed by atoms with Gasteiger partial charge in [-0.15, -0.1) is 0 Å². The van der Waals surface area contributed by atoms with Gasteiger partial charge in [0.1, 0.15) is 19.8 Å². The van der Waals surface area contributed by atoms with Gasteiger partial charge < -0.3 is 18.9 Å². The smallest absolute Gasteiger partial charge is 0.462 e. The molecule has 0 saturated carbocycles. The summed E-state index contributed by atoms with van der Waals surface area (Å²) in [4.78, 5) is 35.5. The van der Waals surface area contributed by atoms with Gasteiger partial charge >= 0.3 is 19.8 Å². The van der Waals surface area contributed by atoms with E-state index in [2.05, 4.69) is 86.8 Å². The summed E-state index contributed by atoms with van der Waals surface area (Å²) in [5.74, 6) is -0.795. The molecule has 394 valence electrons. The molecule has 0 aliphatic rings. The molecule has 2 unspecified atom stereocenters. The summed E-state index contributed by atoms with van der Waals surface area (Å²) in [6.45, 7) is 4.31. The van der Waals surface area contributed by atoms with Gasteiger partial charge in [0.05, 0.1) is 27.7 Å². The lowest BCUT2D eigenvalue weighted by Crippen LogP contribution is -2.37. The van der Waals surface area contributed by atoms with E-state index in [1.807, 2.05) is 21.1 Å². The zero-order valence-electron chi connectivity index (χ0n) is 44.6. The van der Waals surface area contributed by atoms with Crippen LogP contribution in [0.4, 0.5) is 0 Å². The molecule has 1 N–H and O–H groups in total. The monoisotopic (exact) mass is 975 g/mol. The van der Waals surface area contributed by atoms with Crippen LogP contribution in [-0.2, 0) is 32.7 Å². The highest BCUT2D eigenvalue weighted by molar-refractivity contribution is 7.47. The fourth-order valence-electron chi connectivity index (χ4n) is 7.49. The van der Waals surface area contributed by atoms with Crippen molar-refractivity contribution in [2.24, 2.45) is 0 Å². The van der Waals surface area contributed by atoms with E-state index in [0.717, 1.165) is 77.0 Å². The molecule has 0 spiro atoms. The second kappa shape index (κ2) is 49.4. The number of allylic oxidation sites excluding steroid dienone is 12. The Labute approximate surface area is 418 Å². The van der Waals surface area contributed by atoms with E-state index in [1.54, 1.807) is 0 Å². The third kappa shape index (κ3) is 52.8. The van der Waals surface area contributed by atoms with E-state index < -0.39 is 26.5 Å². The minimum absolute atomic E-state index is 0.0312. The number of esters is 2. The largest absolute Gasteiger partial charge is 0.472 e. The number of quaternary nitrogens is 1. The van der Waals surface area contributed by atoms with Crippen molar-refractivity contribution in [1.29, 1.82) is 0 Å². The number of unbranched alkanes of at least 4 members (excludes halogenated alkanes) is 24. The van der Waals surface area contributed by atoms with Crippen LogP contribution in [0, 0.1) is 0 Å². The van der Waals surface area contributed by atoms with Crippen molar-refractivity contribution in [3.05, 3.63) is 72.9 Å². The maximum absolute atomic E-state index is 12.8. The van der Waals surface area contributed by atoms with Crippen LogP contribution < -0.4 is 0 Å². The van der Waals surface area contributed by atoms with Gasteiger partial charge in [-0.3, -0.25) is 18.6 Å². The van der Waals surface area contributed by atoms with E-state index in [0.29, 0.717) is 23.9 Å². The third-order valence-corrected chi connectivity index (χ3v) is 12.7. The molecule has 9 nitrogen and oxygen atoms in total. The van der Waals surface area contributed by atoms with Crippen LogP contribution in [0.1, 0.15) is 232 Å². The normalized spacial score (nSPS) is 13.9. The highest BCUT2D eigenvalue weighted by Crippen LogP contribution is 2.43. The fourth-order valence-corrected chi connectivity index (χ4v) is 8.23. The Bertz CT molecular complexity index is 1380. The standard InChI is InChI=1S/C58H104NO8P/c1-6-8-10-12-14-16-18-19-20-21-22-23-24-25-26-27-28-29-30-31-32-33-34-35-36-37-38-39-41-43-45-47-49-51-58(61)67-56(55-66-68(62,63)65-53-52-59(3,4)5)54-64-57(60)50-48-46-44-42-40-17-15-13-11-9-7-2/h8,10,14,16,19-20,22-23,25-26,28-29,56H,6-7,9,11-13,15,17-18,21,24,27,30-55H2,1-5H3/p+1/b10-8-,16-14-,20-19-,23-22-,26-25-,29-28-. The number of ether oxygens (including phenoxy) is 2. The van der Waals surface area contributed by atoms with Gasteiger partial charge in [-0.2, -0.15) is 0 Å². The molecular weight excluding hydrogens is 870 g/mol. The number of rotatable bonds is 50. The minimum Gasteiger partial charge on any atom is -0.462 e. The number of phosphoric ester groups is 1. The van der Waals surface area contributed by atoms with Crippen LogP contribution in [0.5, 0.6) is 0 Å². The van der Waals surface area contributed by atoms with Crippen molar-refractivity contribution >= 4 is 19.8 Å². The molecule has 0 saturated heterocycles. The number of carbonyl (C=O) groups is 2. The molecule has 68 heavy (non-hydrogen) atoms. The van der Waals surface area contributed by atoms with Crippen LogP contribution in [-0.4, -0.2) is 74.9 Å². The lowest BCUT2D eigenvalue weighted by molar-refractivity contribution is -0.870. The first kappa shape index (κ1) is 65.5. The molecule has 0 aliphatic carbocycles. The molecule has 0 heterocycles. The first-order valence-electron chi connectivity index (χ1n) is 27.7. The molecule has 0 fully saturated rings. The lowest BCUT2D eigenvalue weighted by Gasteiger charge is -2.24. The Kier molecular flexibility index (Phi) is 47.6. The Balaban J connectivity index is 4.05. The van der Waals surface area contributed by atoms with Crippen molar-refractivity contribution in [3.63, 3.8) is 0 Å². The predicted molar refractivity (Wildman–Crippen MR) is 289 cm³/mol. The first-order valence-corrected chi connectivity index (χ1v) is 29.2. The summed E-state index contributed by atoms with van der Waals surface area (Å²) < 4.78 is 34.4. The summed E-state index contributed by atoms with van der Waals surface area (Å²) in [5.41, 5.74) is 0. The molecular formula is C58H105NO8P+. The van der Waals surface area contributed by atoms with Gasteiger partial charge in [0.15, 0.2) is 6.10 Å². The first-order chi connectivity index (χ1) is 33.0. The van der Waals surface area contributed by atoms with Gasteiger partial charge in [-0.25, -0.2) is 4.57 Å². The van der Waals surface area contributed by atoms with Gasteiger partial charge in [0.2, 0.25) is 0 Å². The molecule has 2 atom stereocenters. The van der Waals surface area contributed by atoms with Gasteiger partial charge in [-0.05, 0) is 64.2 Å². The number of likely N-dealkylation sites (N-methyl/N-ethyl adjacent to an activating group) is 1. The molecule has 0 aromatic rings. The van der Waals surface area contributed by atoms with Crippen LogP contribution in [0.3, 0.4) is 0 Å². The summed E-state index contributed by atoms with van der Waals surface area (Å²) in [5, 5.41) is 0. The Morgan fingerprint density at radius 1 is 0.471 bits per heavy atom. The van der Waals surface area contributed by atoms with Crippen LogP contribution in [0.25, 0.3) is 0 Å². The maximum atomic E-state index is 12.8. The van der Waals surface area contributed by atoms with Crippen LogP contribution in [0.15, 0.2) is 72.9 Å². The molecule has 0 aromatic carbocycles. The van der Waals surface area contributed by atoms with E-state index in [1.165, 1.54) is 122 Å². The summed E-state index contributed by atoms with van der Waals surface area (Å²) >= 11 is 0. The number of phosphoric acid groups is 1. The van der Waals surface area contributed by atoms with Crippen molar-refractivity contribution in [3.8, 4) is 0 Å². The predicted octanol–water partition coefficient (Wildman–Crippen LogP) is 16.9. The Hall–Kier alpha value is -2.55. The second-order valence-corrected chi connectivity index (χ2v) is 21.0. The summed E-state index contributed by atoms with van der Waals surface area (Å²) in [6, 6.07) is 0. The summed E-state index contributed by atoms with van der Waals surface area (Å²) in [6.07, 6.45) is 64.0. The number of hydrogen-bond donors (Lipinski definition) is 1. The minimum atomic E-state index is -4.38. The van der Waals surface area contributed by atoms with Crippen molar-refractivity contribution in [1.82, 2.24) is 0 Å². The quantitative estimate of drug-likeness (QED) is 0.0211. The summed E-state index contributed by atoms with van der Waals surface area (Å²) in [7, 11) is 1.48. The van der Waals surface area contributed by atoms with Crippen molar-refractivity contribution in [2.45, 2.75) is 238 Å². The molecule has 0 aromatic heterocycles. The molecule has 0 rings (SSSR count). The average molecular weight is 975 g/mol. The zero-order chi connectivity index (χ0) is 49.9. The topological polar surface area (TPSA) is 108 Å². The van der Waals surface area contributed by atoms with E-state index in [4.69, 9.17) is 18.5 Å². The number of hydrogen-bond acceptors (Lipinski definition) is 7. The molecule has 10 heteroatoms. The van der Waals surface area contributed by atoms with Crippen LogP contribution in [0.2, 0.25) is 0 Å². The zero-order valence-corrected chi connectivity index (χ0v) is 45.5. The highest BCUT2D eigenvalue weighted by atomic mass is 31.2. The van der Waals surface area contributed by atoms with Crippen LogP contribution >= 0.6 is 7.82 Å². The lowest BCUT2D eigenvalue weighted by atomic mass is 10.0. The Morgan fingerprint density at radius 2 is 0.838 bits per heavy atom. The van der Waals surface area contributed by atoms with Crippen molar-refractivity contribution < 1.29 is 42.1 Å². The molecule has 0 bridgehead atoms. The average Bonchev–Trinajstić information content (AvgIpc) is 3.30.